The van der Waals surface area contributed by atoms with E-state index in [4.69, 9.17) is 9.84 Å². The van der Waals surface area contributed by atoms with Gasteiger partial charge >= 0.3 is 0 Å². The maximum Gasteiger partial charge on any atom is 0.254 e. The zero-order valence-corrected chi connectivity index (χ0v) is 13.0. The number of aliphatic hydroxyl groups excluding tert-OH is 1. The van der Waals surface area contributed by atoms with Gasteiger partial charge in [-0.15, -0.1) is 0 Å². The predicted molar refractivity (Wildman–Crippen MR) is 83.2 cm³/mol. The third kappa shape index (κ3) is 5.22. The molecule has 0 heterocycles. The summed E-state index contributed by atoms with van der Waals surface area (Å²) >= 11 is 0. The van der Waals surface area contributed by atoms with Crippen LogP contribution < -0.4 is 0 Å². The zero-order chi connectivity index (χ0) is 15.7. The van der Waals surface area contributed by atoms with Crippen LogP contribution in [0.2, 0.25) is 0 Å². The molecule has 114 valence electrons. The number of hydrogen-bond donors (Lipinski definition) is 1. The maximum atomic E-state index is 12.6. The Bertz CT molecular complexity index is 529. The highest BCUT2D eigenvalue weighted by Crippen LogP contribution is 2.13. The van der Waals surface area contributed by atoms with Gasteiger partial charge in [0.05, 0.1) is 6.61 Å². The summed E-state index contributed by atoms with van der Waals surface area (Å²) in [6, 6.07) is 5.51. The van der Waals surface area contributed by atoms with E-state index in [1.54, 1.807) is 11.0 Å². The maximum absolute atomic E-state index is 12.6. The Morgan fingerprint density at radius 3 is 2.76 bits per heavy atom. The molecule has 0 aromatic heterocycles. The fourth-order valence-electron chi connectivity index (χ4n) is 1.96. The van der Waals surface area contributed by atoms with Gasteiger partial charge in [0.25, 0.3) is 5.91 Å². The molecule has 1 amide bonds. The molecule has 1 rings (SSSR count). The van der Waals surface area contributed by atoms with E-state index in [1.807, 2.05) is 32.9 Å². The average Bonchev–Trinajstić information content (AvgIpc) is 2.50. The van der Waals surface area contributed by atoms with Gasteiger partial charge in [0.15, 0.2) is 0 Å². The van der Waals surface area contributed by atoms with Gasteiger partial charge in [0, 0.05) is 30.8 Å². The number of nitrogens with zero attached hydrogens (tertiary/aromatic N) is 1. The Balaban J connectivity index is 2.93. The molecule has 0 atom stereocenters. The molecular formula is C17H23NO3. The molecule has 0 aliphatic heterocycles. The molecule has 4 nitrogen and oxygen atoms in total. The number of likely N-dealkylation sites (N-methyl/N-ethyl adjacent to an activating group) is 1. The van der Waals surface area contributed by atoms with Gasteiger partial charge in [0.1, 0.15) is 6.61 Å². The Morgan fingerprint density at radius 2 is 2.14 bits per heavy atom. The van der Waals surface area contributed by atoms with Crippen molar-refractivity contribution in [2.75, 3.05) is 32.9 Å². The van der Waals surface area contributed by atoms with Crippen molar-refractivity contribution in [2.24, 2.45) is 0 Å². The predicted octanol–water partition coefficient (Wildman–Crippen LogP) is 1.84. The fourth-order valence-corrected chi connectivity index (χ4v) is 1.96. The van der Waals surface area contributed by atoms with E-state index in [1.165, 1.54) is 0 Å². The first kappa shape index (κ1) is 17.2. The highest BCUT2D eigenvalue weighted by atomic mass is 16.5. The second-order valence-corrected chi connectivity index (χ2v) is 4.57. The molecule has 0 fully saturated rings. The van der Waals surface area contributed by atoms with E-state index >= 15 is 0 Å². The molecule has 1 aromatic rings. The summed E-state index contributed by atoms with van der Waals surface area (Å²) < 4.78 is 5.31. The molecule has 0 unspecified atom stereocenters. The van der Waals surface area contributed by atoms with Crippen LogP contribution in [-0.2, 0) is 4.74 Å². The highest BCUT2D eigenvalue weighted by Gasteiger charge is 2.16. The van der Waals surface area contributed by atoms with Gasteiger partial charge < -0.3 is 14.7 Å². The second kappa shape index (κ2) is 9.17. The van der Waals surface area contributed by atoms with Gasteiger partial charge in [-0.1, -0.05) is 17.9 Å². The molecule has 0 bridgehead atoms. The number of aliphatic hydroxyl groups is 1. The van der Waals surface area contributed by atoms with Crippen molar-refractivity contribution in [3.63, 3.8) is 0 Å². The molecule has 0 saturated carbocycles. The lowest BCUT2D eigenvalue weighted by atomic mass is 10.0. The summed E-state index contributed by atoms with van der Waals surface area (Å²) in [5, 5.41) is 8.74. The normalized spacial score (nSPS) is 9.90. The van der Waals surface area contributed by atoms with Crippen molar-refractivity contribution in [3.05, 3.63) is 34.9 Å². The molecule has 0 aliphatic carbocycles. The molecule has 1 aromatic carbocycles. The average molecular weight is 289 g/mol. The quantitative estimate of drug-likeness (QED) is 0.642. The van der Waals surface area contributed by atoms with Gasteiger partial charge in [0.2, 0.25) is 0 Å². The second-order valence-electron chi connectivity index (χ2n) is 4.57. The molecule has 1 N–H and O–H groups in total. The SMILES string of the molecule is CCOCCN(CC)C(=O)c1cc(C#CCO)ccc1C. The van der Waals surface area contributed by atoms with Crippen LogP contribution in [0.15, 0.2) is 18.2 Å². The van der Waals surface area contributed by atoms with Crippen LogP contribution in [0.25, 0.3) is 0 Å². The Morgan fingerprint density at radius 1 is 1.38 bits per heavy atom. The first-order valence-electron chi connectivity index (χ1n) is 7.21. The summed E-state index contributed by atoms with van der Waals surface area (Å²) in [5.41, 5.74) is 2.31. The van der Waals surface area contributed by atoms with E-state index in [9.17, 15) is 4.79 Å². The lowest BCUT2D eigenvalue weighted by Crippen LogP contribution is -2.34. The Labute approximate surface area is 126 Å². The molecule has 21 heavy (non-hydrogen) atoms. The smallest absolute Gasteiger partial charge is 0.254 e. The van der Waals surface area contributed by atoms with Crippen LogP contribution in [0.5, 0.6) is 0 Å². The van der Waals surface area contributed by atoms with Gasteiger partial charge in [-0.3, -0.25) is 4.79 Å². The van der Waals surface area contributed by atoms with Crippen molar-refractivity contribution in [3.8, 4) is 11.8 Å². The summed E-state index contributed by atoms with van der Waals surface area (Å²) in [6.45, 7) is 8.02. The molecule has 0 radical (unpaired) electrons. The number of aryl methyl sites for hydroxylation is 1. The van der Waals surface area contributed by atoms with Gasteiger partial charge in [-0.2, -0.15) is 0 Å². The summed E-state index contributed by atoms with van der Waals surface area (Å²) in [7, 11) is 0. The lowest BCUT2D eigenvalue weighted by molar-refractivity contribution is 0.0668. The van der Waals surface area contributed by atoms with E-state index in [2.05, 4.69) is 11.8 Å². The number of amides is 1. The van der Waals surface area contributed by atoms with Gasteiger partial charge in [-0.25, -0.2) is 0 Å². The molecular weight excluding hydrogens is 266 g/mol. The van der Waals surface area contributed by atoms with Crippen molar-refractivity contribution in [2.45, 2.75) is 20.8 Å². The van der Waals surface area contributed by atoms with E-state index < -0.39 is 0 Å². The minimum Gasteiger partial charge on any atom is -0.384 e. The number of benzene rings is 1. The Kier molecular flexibility index (Phi) is 7.52. The zero-order valence-electron chi connectivity index (χ0n) is 13.0. The van der Waals surface area contributed by atoms with Crippen molar-refractivity contribution < 1.29 is 14.6 Å². The number of ether oxygens (including phenoxy) is 1. The van der Waals surface area contributed by atoms with Crippen molar-refractivity contribution >= 4 is 5.91 Å². The first-order chi connectivity index (χ1) is 10.1. The Hall–Kier alpha value is -1.83. The monoisotopic (exact) mass is 289 g/mol. The van der Waals surface area contributed by atoms with Crippen LogP contribution in [0.1, 0.15) is 35.3 Å². The number of rotatable bonds is 6. The largest absolute Gasteiger partial charge is 0.384 e. The minimum absolute atomic E-state index is 0.0117. The van der Waals surface area contributed by atoms with Crippen LogP contribution in [0, 0.1) is 18.8 Å². The minimum atomic E-state index is -0.188. The summed E-state index contributed by atoms with van der Waals surface area (Å²) in [6.07, 6.45) is 0. The van der Waals surface area contributed by atoms with E-state index in [0.717, 1.165) is 11.1 Å². The third-order valence-electron chi connectivity index (χ3n) is 3.16. The molecule has 0 aliphatic rings. The topological polar surface area (TPSA) is 49.8 Å². The standard InChI is InChI=1S/C17H23NO3/c1-4-18(10-12-21-5-2)17(20)16-13-15(7-6-11-19)9-8-14(16)3/h8-9,13,19H,4-5,10-12H2,1-3H3. The van der Waals surface area contributed by atoms with E-state index in [0.29, 0.717) is 31.9 Å². The third-order valence-corrected chi connectivity index (χ3v) is 3.16. The summed E-state index contributed by atoms with van der Waals surface area (Å²) in [5.74, 6) is 5.41. The van der Waals surface area contributed by atoms with Crippen LogP contribution in [0.3, 0.4) is 0 Å². The lowest BCUT2D eigenvalue weighted by Gasteiger charge is -2.21. The van der Waals surface area contributed by atoms with Crippen LogP contribution >= 0.6 is 0 Å². The molecule has 0 saturated heterocycles. The van der Waals surface area contributed by atoms with Crippen LogP contribution in [-0.4, -0.2) is 48.8 Å². The van der Waals surface area contributed by atoms with Crippen molar-refractivity contribution in [1.29, 1.82) is 0 Å². The van der Waals surface area contributed by atoms with Crippen molar-refractivity contribution in [1.82, 2.24) is 4.90 Å². The van der Waals surface area contributed by atoms with Crippen LogP contribution in [0.4, 0.5) is 0 Å². The number of carbonyl (C=O) groups excluding carboxylic acids is 1. The fraction of sp³-hybridized carbons (Fsp3) is 0.471. The molecule has 4 heteroatoms. The molecule has 0 spiro atoms. The first-order valence-corrected chi connectivity index (χ1v) is 7.21. The number of hydrogen-bond acceptors (Lipinski definition) is 3. The summed E-state index contributed by atoms with van der Waals surface area (Å²) in [4.78, 5) is 14.4. The van der Waals surface area contributed by atoms with Gasteiger partial charge in [-0.05, 0) is 38.5 Å². The highest BCUT2D eigenvalue weighted by molar-refractivity contribution is 5.96. The number of carbonyl (C=O) groups is 1. The van der Waals surface area contributed by atoms with E-state index in [-0.39, 0.29) is 12.5 Å².